The molecule has 0 bridgehead atoms. The average Bonchev–Trinajstić information content (AvgIpc) is 3.18. The van der Waals surface area contributed by atoms with Gasteiger partial charge >= 0.3 is 5.69 Å². The highest BCUT2D eigenvalue weighted by Gasteiger charge is 2.27. The number of sulfonamides is 1. The molecule has 0 radical (unpaired) electrons. The summed E-state index contributed by atoms with van der Waals surface area (Å²) in [7, 11) is -1.73. The first-order valence-corrected chi connectivity index (χ1v) is 13.2. The molecule has 4 rings (SSSR count). The molecule has 1 aliphatic rings. The number of H-pyrrole nitrogens is 1. The molecule has 0 amide bonds. The van der Waals surface area contributed by atoms with Crippen molar-refractivity contribution >= 4 is 10.0 Å². The minimum atomic E-state index is -3.36. The molecule has 0 spiro atoms. The maximum Gasteiger partial charge on any atom is 0.332 e. The van der Waals surface area contributed by atoms with Crippen molar-refractivity contribution < 1.29 is 13.2 Å². The number of nitrogens with one attached hydrogen (secondary N) is 3. The Morgan fingerprint density at radius 2 is 1.86 bits per heavy atom. The molecular weight excluding hydrogens is 468 g/mol. The van der Waals surface area contributed by atoms with Gasteiger partial charge in [-0.1, -0.05) is 39.0 Å². The summed E-state index contributed by atoms with van der Waals surface area (Å²) >= 11 is 0. The predicted octanol–water partition coefficient (Wildman–Crippen LogP) is 2.54. The van der Waals surface area contributed by atoms with Crippen molar-refractivity contribution in [2.45, 2.75) is 45.1 Å². The van der Waals surface area contributed by atoms with Gasteiger partial charge in [0.15, 0.2) is 0 Å². The Balaban J connectivity index is 1.85. The van der Waals surface area contributed by atoms with E-state index >= 15 is 0 Å². The van der Waals surface area contributed by atoms with Gasteiger partial charge in [-0.05, 0) is 47.1 Å². The van der Waals surface area contributed by atoms with Gasteiger partial charge < -0.3 is 4.74 Å². The summed E-state index contributed by atoms with van der Waals surface area (Å²) < 4.78 is 30.3. The molecule has 10 heteroatoms. The lowest BCUT2D eigenvalue weighted by Gasteiger charge is -2.26. The Morgan fingerprint density at radius 1 is 1.11 bits per heavy atom. The number of methoxy groups -OCH3 is 1. The minimum Gasteiger partial charge on any atom is -0.496 e. The predicted molar refractivity (Wildman–Crippen MR) is 136 cm³/mol. The van der Waals surface area contributed by atoms with E-state index in [1.807, 2.05) is 24.3 Å². The van der Waals surface area contributed by atoms with Crippen LogP contribution < -0.4 is 26.2 Å². The molecule has 0 fully saturated rings. The highest BCUT2D eigenvalue weighted by molar-refractivity contribution is 7.88. The molecule has 3 N–H and O–H groups in total. The van der Waals surface area contributed by atoms with Crippen LogP contribution in [0.15, 0.2) is 52.2 Å². The lowest BCUT2D eigenvalue weighted by Crippen LogP contribution is -2.38. The zero-order valence-electron chi connectivity index (χ0n) is 20.4. The number of aromatic nitrogens is 2. The number of aromatic amines is 1. The van der Waals surface area contributed by atoms with E-state index < -0.39 is 21.3 Å². The van der Waals surface area contributed by atoms with E-state index in [9.17, 15) is 18.0 Å². The Bertz CT molecular complexity index is 1500. The number of hydrazine groups is 1. The maximum absolute atomic E-state index is 12.5. The summed E-state index contributed by atoms with van der Waals surface area (Å²) in [6.45, 7) is 6.21. The first kappa shape index (κ1) is 24.9. The third-order valence-electron chi connectivity index (χ3n) is 6.14. The van der Waals surface area contributed by atoms with Crippen LogP contribution in [0.5, 0.6) is 5.75 Å². The standard InChI is InChI=1S/C25H30N4O5S/c1-25(2,3)20-14-17(29-11-10-22(30)26-24(29)31)13-19(23(20)34-4)16-6-8-18-15(12-16)7-9-21(18)27-28-35(5,32)33/h6,8,10-14,21,27-28H,7,9H2,1-5H3,(H,26,30,31). The third-order valence-corrected chi connectivity index (χ3v) is 6.63. The highest BCUT2D eigenvalue weighted by atomic mass is 32.2. The zero-order valence-corrected chi connectivity index (χ0v) is 21.2. The van der Waals surface area contributed by atoms with Crippen LogP contribution in [0.3, 0.4) is 0 Å². The van der Waals surface area contributed by atoms with Gasteiger partial charge in [-0.3, -0.25) is 14.3 Å². The summed E-state index contributed by atoms with van der Waals surface area (Å²) in [4.78, 5) is 28.8. The fourth-order valence-corrected chi connectivity index (χ4v) is 4.83. The van der Waals surface area contributed by atoms with Crippen LogP contribution in [0.2, 0.25) is 0 Å². The molecule has 1 atom stereocenters. The number of benzene rings is 2. The Labute approximate surface area is 204 Å². The van der Waals surface area contributed by atoms with Crippen molar-refractivity contribution in [3.05, 3.63) is 80.1 Å². The summed E-state index contributed by atoms with van der Waals surface area (Å²) in [5, 5.41) is 0. The molecule has 186 valence electrons. The molecule has 0 saturated heterocycles. The second-order valence-electron chi connectivity index (χ2n) is 9.83. The van der Waals surface area contributed by atoms with E-state index in [0.29, 0.717) is 11.4 Å². The zero-order chi connectivity index (χ0) is 25.5. The van der Waals surface area contributed by atoms with E-state index in [1.54, 1.807) is 7.11 Å². The Hall–Kier alpha value is -3.21. The van der Waals surface area contributed by atoms with Crippen LogP contribution in [-0.2, 0) is 21.9 Å². The lowest BCUT2D eigenvalue weighted by molar-refractivity contribution is 0.399. The van der Waals surface area contributed by atoms with E-state index in [-0.39, 0.29) is 11.5 Å². The van der Waals surface area contributed by atoms with Gasteiger partial charge in [0, 0.05) is 29.4 Å². The van der Waals surface area contributed by atoms with E-state index in [0.717, 1.165) is 46.9 Å². The number of ether oxygens (including phenoxy) is 1. The number of hydrogen-bond donors (Lipinski definition) is 3. The summed E-state index contributed by atoms with van der Waals surface area (Å²) in [6.07, 6.45) is 4.13. The van der Waals surface area contributed by atoms with Crippen molar-refractivity contribution in [1.82, 2.24) is 19.8 Å². The van der Waals surface area contributed by atoms with Gasteiger partial charge in [0.25, 0.3) is 5.56 Å². The van der Waals surface area contributed by atoms with Crippen LogP contribution in [0, 0.1) is 0 Å². The summed E-state index contributed by atoms with van der Waals surface area (Å²) in [5.41, 5.74) is 7.06. The second-order valence-corrected chi connectivity index (χ2v) is 11.6. The van der Waals surface area contributed by atoms with Crippen LogP contribution >= 0.6 is 0 Å². The smallest absolute Gasteiger partial charge is 0.332 e. The van der Waals surface area contributed by atoms with Crippen molar-refractivity contribution in [2.75, 3.05) is 13.4 Å². The normalized spacial score (nSPS) is 15.7. The van der Waals surface area contributed by atoms with Gasteiger partial charge in [-0.15, -0.1) is 0 Å². The molecule has 9 nitrogen and oxygen atoms in total. The van der Waals surface area contributed by atoms with Gasteiger partial charge in [-0.2, -0.15) is 4.83 Å². The monoisotopic (exact) mass is 498 g/mol. The molecule has 1 heterocycles. The Morgan fingerprint density at radius 3 is 2.49 bits per heavy atom. The lowest BCUT2D eigenvalue weighted by atomic mass is 9.83. The molecule has 0 aliphatic heterocycles. The van der Waals surface area contributed by atoms with Crippen LogP contribution in [-0.4, -0.2) is 31.3 Å². The fraction of sp³-hybridized carbons (Fsp3) is 0.360. The number of nitrogens with zero attached hydrogens (tertiary/aromatic N) is 1. The summed E-state index contributed by atoms with van der Waals surface area (Å²) in [5.74, 6) is 0.713. The SMILES string of the molecule is COc1c(-c2ccc3c(c2)CCC3NNS(C)(=O)=O)cc(-n2ccc(=O)[nH]c2=O)cc1C(C)(C)C. The maximum atomic E-state index is 12.5. The minimum absolute atomic E-state index is 0.119. The van der Waals surface area contributed by atoms with Gasteiger partial charge in [0.1, 0.15) is 5.75 Å². The number of aryl methyl sites for hydroxylation is 1. The fourth-order valence-electron chi connectivity index (χ4n) is 4.48. The Kier molecular flexibility index (Phi) is 6.48. The number of rotatable bonds is 6. The van der Waals surface area contributed by atoms with Crippen molar-refractivity contribution in [2.24, 2.45) is 0 Å². The molecule has 35 heavy (non-hydrogen) atoms. The van der Waals surface area contributed by atoms with Crippen LogP contribution in [0.25, 0.3) is 16.8 Å². The quantitative estimate of drug-likeness (QED) is 0.449. The van der Waals surface area contributed by atoms with Crippen molar-refractivity contribution in [3.63, 3.8) is 0 Å². The van der Waals surface area contributed by atoms with Crippen LogP contribution in [0.1, 0.15) is 49.9 Å². The molecule has 3 aromatic rings. The molecular formula is C25H30N4O5S. The third kappa shape index (κ3) is 5.24. The van der Waals surface area contributed by atoms with Crippen LogP contribution in [0.4, 0.5) is 0 Å². The largest absolute Gasteiger partial charge is 0.496 e. The van der Waals surface area contributed by atoms with E-state index in [4.69, 9.17) is 4.74 Å². The first-order chi connectivity index (χ1) is 16.4. The molecule has 1 aromatic heterocycles. The number of fused-ring (bicyclic) bond motifs is 1. The molecule has 0 saturated carbocycles. The summed E-state index contributed by atoms with van der Waals surface area (Å²) in [6, 6.07) is 11.0. The molecule has 2 aromatic carbocycles. The first-order valence-electron chi connectivity index (χ1n) is 11.3. The average molecular weight is 499 g/mol. The topological polar surface area (TPSA) is 122 Å². The van der Waals surface area contributed by atoms with Gasteiger partial charge in [0.2, 0.25) is 10.0 Å². The van der Waals surface area contributed by atoms with Crippen molar-refractivity contribution in [3.8, 4) is 22.6 Å². The van der Waals surface area contributed by atoms with Gasteiger partial charge in [0.05, 0.1) is 19.1 Å². The number of hydrogen-bond acceptors (Lipinski definition) is 6. The molecule has 1 aliphatic carbocycles. The second kappa shape index (κ2) is 9.10. The van der Waals surface area contributed by atoms with E-state index in [2.05, 4.69) is 42.1 Å². The van der Waals surface area contributed by atoms with Gasteiger partial charge in [-0.25, -0.2) is 18.6 Å². The highest BCUT2D eigenvalue weighted by Crippen LogP contribution is 2.42. The van der Waals surface area contributed by atoms with E-state index in [1.165, 1.54) is 16.8 Å². The van der Waals surface area contributed by atoms with Crippen molar-refractivity contribution in [1.29, 1.82) is 0 Å². The molecule has 1 unspecified atom stereocenters.